The smallest absolute Gasteiger partial charge is 0.410 e. The van der Waals surface area contributed by atoms with Crippen LogP contribution in [0.5, 0.6) is 0 Å². The van der Waals surface area contributed by atoms with Gasteiger partial charge in [0.25, 0.3) is 0 Å². The summed E-state index contributed by atoms with van der Waals surface area (Å²) in [6.45, 7) is 11.0. The van der Waals surface area contributed by atoms with E-state index in [2.05, 4.69) is 10.6 Å². The Morgan fingerprint density at radius 3 is 2.12 bits per heavy atom. The second kappa shape index (κ2) is 20.8. The Bertz CT molecular complexity index is 1870. The number of ketones is 1. The zero-order chi connectivity index (χ0) is 44.3. The average Bonchev–Trinajstić information content (AvgIpc) is 3.87. The molecule has 7 atom stereocenters. The number of ether oxygens (including phenoxy) is 4. The van der Waals surface area contributed by atoms with Crippen LogP contribution in [0.4, 0.5) is 9.59 Å². The third-order valence-corrected chi connectivity index (χ3v) is 10.2. The van der Waals surface area contributed by atoms with Gasteiger partial charge in [0, 0.05) is 25.7 Å². The summed E-state index contributed by atoms with van der Waals surface area (Å²) >= 11 is 0. The Morgan fingerprint density at radius 1 is 0.850 bits per heavy atom. The molecule has 0 aromatic heterocycles. The summed E-state index contributed by atoms with van der Waals surface area (Å²) in [6, 6.07) is 11.2. The topological polar surface area (TPSA) is 207 Å². The van der Waals surface area contributed by atoms with Gasteiger partial charge >= 0.3 is 24.1 Å². The molecule has 0 radical (unpaired) electrons. The maximum atomic E-state index is 13.8. The van der Waals surface area contributed by atoms with Crippen LogP contribution in [0, 0.1) is 5.92 Å². The van der Waals surface area contributed by atoms with Crippen molar-refractivity contribution in [3.8, 4) is 0 Å². The molecule has 0 unspecified atom stereocenters. The lowest BCUT2D eigenvalue weighted by Crippen LogP contribution is -2.57. The molecule has 2 N–H and O–H groups in total. The molecule has 2 aromatic carbocycles. The summed E-state index contributed by atoms with van der Waals surface area (Å²) in [5, 5.41) is 5.03. The molecule has 2 aliphatic heterocycles. The number of hydrogen-bond donors (Lipinski definition) is 2. The van der Waals surface area contributed by atoms with Gasteiger partial charge < -0.3 is 39.4 Å². The zero-order valence-electron chi connectivity index (χ0n) is 35.5. The van der Waals surface area contributed by atoms with Crippen molar-refractivity contribution in [2.24, 2.45) is 5.92 Å². The maximum Gasteiger partial charge on any atom is 0.410 e. The molecule has 2 aromatic rings. The number of carbonyl (C=O) groups excluding carboxylic acids is 8. The number of likely N-dealkylation sites (N-methyl/N-ethyl adjacent to an activating group) is 1. The number of rotatable bonds is 15. The van der Waals surface area contributed by atoms with Gasteiger partial charge in [-0.3, -0.25) is 24.1 Å². The first-order chi connectivity index (χ1) is 28.3. The average molecular weight is 836 g/mol. The summed E-state index contributed by atoms with van der Waals surface area (Å²) in [5.41, 5.74) is 0.219. The van der Waals surface area contributed by atoms with E-state index in [-0.39, 0.29) is 25.5 Å². The summed E-state index contributed by atoms with van der Waals surface area (Å²) < 4.78 is 21.7. The maximum absolute atomic E-state index is 13.8. The van der Waals surface area contributed by atoms with Gasteiger partial charge in [-0.2, -0.15) is 0 Å². The number of amides is 5. The monoisotopic (exact) mass is 835 g/mol. The van der Waals surface area contributed by atoms with Gasteiger partial charge in [0.15, 0.2) is 18.4 Å². The molecule has 17 nitrogen and oxygen atoms in total. The lowest BCUT2D eigenvalue weighted by molar-refractivity contribution is -0.163. The summed E-state index contributed by atoms with van der Waals surface area (Å²) in [6.07, 6.45) is -1.79. The summed E-state index contributed by atoms with van der Waals surface area (Å²) in [7, 11) is 1.45. The fourth-order valence-electron chi connectivity index (χ4n) is 6.85. The lowest BCUT2D eigenvalue weighted by atomic mass is 10.1. The number of benzene rings is 2. The van der Waals surface area contributed by atoms with Crippen molar-refractivity contribution < 1.29 is 57.3 Å². The van der Waals surface area contributed by atoms with Gasteiger partial charge in [-0.25, -0.2) is 19.2 Å². The highest BCUT2D eigenvalue weighted by Crippen LogP contribution is 2.26. The standard InChI is InChI=1S/C43H57N5O12/c1-26-22-33(48(23-26)37(51)27(2)44-36(50)28(3)46(8)38(52)32-20-15-21-47(32)42(56)60-43(5,6)7)39(53)59-29(4)35(45-41(55)58-24-30-16-11-9-12-17-30)40(54)57-25-34(49)31-18-13-10-14-19-31/h9-14,16-19,26-29,32-33,35H,15,20-25H2,1-8H3,(H,44,50)(H,45,55)/t26-,27-,28-,29-,32-,33-,35-/m0/s1. The Labute approximate surface area is 350 Å². The highest BCUT2D eigenvalue weighted by molar-refractivity contribution is 5.98. The molecule has 2 fully saturated rings. The molecule has 2 aliphatic rings. The predicted octanol–water partition coefficient (Wildman–Crippen LogP) is 3.63. The van der Waals surface area contributed by atoms with E-state index in [4.69, 9.17) is 18.9 Å². The quantitative estimate of drug-likeness (QED) is 0.150. The van der Waals surface area contributed by atoms with Gasteiger partial charge in [0.05, 0.1) is 0 Å². The van der Waals surface area contributed by atoms with Crippen molar-refractivity contribution in [2.75, 3.05) is 26.7 Å². The third kappa shape index (κ3) is 12.7. The van der Waals surface area contributed by atoms with Crippen molar-refractivity contribution in [3.05, 3.63) is 71.8 Å². The Hall–Kier alpha value is -6.00. The summed E-state index contributed by atoms with van der Waals surface area (Å²) in [4.78, 5) is 110. The Balaban J connectivity index is 1.39. The molecular weight excluding hydrogens is 778 g/mol. The molecule has 326 valence electrons. The molecule has 5 amide bonds. The number of likely N-dealkylation sites (tertiary alicyclic amines) is 2. The van der Waals surface area contributed by atoms with Crippen LogP contribution in [-0.2, 0) is 49.5 Å². The van der Waals surface area contributed by atoms with Crippen LogP contribution in [-0.4, -0.2) is 131 Å². The van der Waals surface area contributed by atoms with Crippen LogP contribution in [0.3, 0.4) is 0 Å². The van der Waals surface area contributed by atoms with Crippen molar-refractivity contribution in [1.82, 2.24) is 25.3 Å². The first-order valence-electron chi connectivity index (χ1n) is 20.1. The number of esters is 2. The Morgan fingerprint density at radius 2 is 1.48 bits per heavy atom. The van der Waals surface area contributed by atoms with Crippen LogP contribution < -0.4 is 10.6 Å². The van der Waals surface area contributed by atoms with Crippen molar-refractivity contribution >= 4 is 47.6 Å². The molecule has 2 heterocycles. The second-order valence-electron chi connectivity index (χ2n) is 16.3. The number of alkyl carbamates (subject to hydrolysis) is 1. The SMILES string of the molecule is C[C@H]1C[C@@H](C(=O)O[C@@H](C)[C@H](NC(=O)OCc2ccccc2)C(=O)OCC(=O)c2ccccc2)N(C(=O)[C@H](C)NC(=O)[C@H](C)N(C)C(=O)[C@@H]2CCCN2C(=O)OC(C)(C)C)C1. The van der Waals surface area contributed by atoms with E-state index >= 15 is 0 Å². The van der Waals surface area contributed by atoms with Gasteiger partial charge in [-0.05, 0) is 72.3 Å². The molecule has 2 saturated heterocycles. The zero-order valence-corrected chi connectivity index (χ0v) is 35.5. The van der Waals surface area contributed by atoms with Crippen LogP contribution in [0.2, 0.25) is 0 Å². The second-order valence-corrected chi connectivity index (χ2v) is 16.3. The highest BCUT2D eigenvalue weighted by Gasteiger charge is 2.44. The largest absolute Gasteiger partial charge is 0.458 e. The van der Waals surface area contributed by atoms with Crippen LogP contribution >= 0.6 is 0 Å². The van der Waals surface area contributed by atoms with Gasteiger partial charge in [-0.15, -0.1) is 0 Å². The molecule has 60 heavy (non-hydrogen) atoms. The van der Waals surface area contributed by atoms with E-state index in [0.717, 1.165) is 0 Å². The van der Waals surface area contributed by atoms with E-state index in [0.29, 0.717) is 30.5 Å². The molecule has 0 aliphatic carbocycles. The van der Waals surface area contributed by atoms with E-state index < -0.39 is 96.2 Å². The third-order valence-electron chi connectivity index (χ3n) is 10.2. The molecule has 17 heteroatoms. The fraction of sp³-hybridized carbons (Fsp3) is 0.535. The van der Waals surface area contributed by atoms with E-state index in [1.807, 2.05) is 6.92 Å². The number of carbonyl (C=O) groups is 8. The first kappa shape index (κ1) is 46.7. The van der Waals surface area contributed by atoms with Gasteiger partial charge in [0.1, 0.15) is 42.5 Å². The number of nitrogens with one attached hydrogen (secondary N) is 2. The van der Waals surface area contributed by atoms with Crippen LogP contribution in [0.1, 0.15) is 83.7 Å². The van der Waals surface area contributed by atoms with Crippen molar-refractivity contribution in [2.45, 2.75) is 116 Å². The lowest BCUT2D eigenvalue weighted by Gasteiger charge is -2.33. The Kier molecular flexibility index (Phi) is 16.2. The number of nitrogens with zero attached hydrogens (tertiary/aromatic N) is 3. The van der Waals surface area contributed by atoms with E-state index in [9.17, 15) is 38.4 Å². The highest BCUT2D eigenvalue weighted by atomic mass is 16.6. The van der Waals surface area contributed by atoms with E-state index in [1.165, 1.54) is 42.5 Å². The minimum Gasteiger partial charge on any atom is -0.458 e. The minimum atomic E-state index is -1.61. The molecule has 0 spiro atoms. The van der Waals surface area contributed by atoms with Gasteiger partial charge in [-0.1, -0.05) is 67.6 Å². The minimum absolute atomic E-state index is 0.126. The van der Waals surface area contributed by atoms with Crippen molar-refractivity contribution in [3.63, 3.8) is 0 Å². The molecule has 4 rings (SSSR count). The summed E-state index contributed by atoms with van der Waals surface area (Å²) in [5.74, 6) is -4.26. The number of hydrogen-bond acceptors (Lipinski definition) is 12. The van der Waals surface area contributed by atoms with Crippen LogP contribution in [0.15, 0.2) is 60.7 Å². The number of Topliss-reactive ketones (excluding diaryl/α,β-unsaturated/α-hetero) is 1. The predicted molar refractivity (Wildman–Crippen MR) is 216 cm³/mol. The molecule has 0 saturated carbocycles. The fourth-order valence-corrected chi connectivity index (χ4v) is 6.85. The van der Waals surface area contributed by atoms with E-state index in [1.54, 1.807) is 81.4 Å². The normalized spacial score (nSPS) is 19.5. The van der Waals surface area contributed by atoms with Crippen molar-refractivity contribution in [1.29, 1.82) is 0 Å². The molecular formula is C43H57N5O12. The van der Waals surface area contributed by atoms with Crippen LogP contribution in [0.25, 0.3) is 0 Å². The molecule has 0 bridgehead atoms. The first-order valence-corrected chi connectivity index (χ1v) is 20.1. The van der Waals surface area contributed by atoms with Gasteiger partial charge in [0.2, 0.25) is 17.7 Å².